The smallest absolute Gasteiger partial charge is 0.790 e. The summed E-state index contributed by atoms with van der Waals surface area (Å²) >= 11 is 0. The summed E-state index contributed by atoms with van der Waals surface area (Å²) in [5.74, 6) is 0. The molecule has 0 saturated carbocycles. The van der Waals surface area contributed by atoms with Gasteiger partial charge in [-0.2, -0.15) is 4.89 Å². The van der Waals surface area contributed by atoms with Crippen LogP contribution in [0.3, 0.4) is 0 Å². The van der Waals surface area contributed by atoms with Crippen LogP contribution in [0, 0.1) is 0 Å². The van der Waals surface area contributed by atoms with Crippen LogP contribution in [0.5, 0.6) is 0 Å². The predicted molar refractivity (Wildman–Crippen MR) is 43.6 cm³/mol. The van der Waals surface area contributed by atoms with Gasteiger partial charge in [0.25, 0.3) is 0 Å². The fourth-order valence-corrected chi connectivity index (χ4v) is 1.99. The summed E-state index contributed by atoms with van der Waals surface area (Å²) in [5.41, 5.74) is 0. The number of phosphoric acid groups is 1. The molecule has 0 spiro atoms. The summed E-state index contributed by atoms with van der Waals surface area (Å²) in [4.78, 5) is 40.9. The van der Waals surface area contributed by atoms with Gasteiger partial charge in [0.05, 0.1) is 14.4 Å². The molecule has 107 valence electrons. The van der Waals surface area contributed by atoms with E-state index in [0.29, 0.717) is 0 Å². The maximum atomic E-state index is 10.3. The minimum Gasteiger partial charge on any atom is -0.790 e. The topological polar surface area (TPSA) is 191 Å². The third kappa shape index (κ3) is 13.3. The van der Waals surface area contributed by atoms with Gasteiger partial charge in [-0.15, -0.1) is 0 Å². The molecule has 1 aliphatic rings. The van der Waals surface area contributed by atoms with Crippen LogP contribution in [0.25, 0.3) is 0 Å². The number of aliphatic hydroxyl groups excluding tert-OH is 2. The SMILES string of the molecule is [Na+].[Na+].[Na+].[Na+].[O]P(=O)([O-])O[C@H]1O[C@H](COP(=O)([O-])[O-])[C@@H](O)[C@H]1O. The summed E-state index contributed by atoms with van der Waals surface area (Å²) in [6.07, 6.45) is -7.22. The second-order valence-electron chi connectivity index (χ2n) is 3.32. The third-order valence-corrected chi connectivity index (χ3v) is 2.88. The van der Waals surface area contributed by atoms with Gasteiger partial charge in [0, 0.05) is 0 Å². The molecule has 0 amide bonds. The monoisotopic (exact) mass is 398 g/mol. The van der Waals surface area contributed by atoms with Crippen LogP contribution in [-0.4, -0.2) is 41.4 Å². The van der Waals surface area contributed by atoms with Gasteiger partial charge in [-0.3, -0.25) is 9.09 Å². The molecule has 1 heterocycles. The minimum absolute atomic E-state index is 0. The standard InChI is InChI=1S/C5H11O11P2.4Na/c6-3-2(1-14-17(8,9)10)15-5(4(3)7)16-18(11,12)13;;;;/h2-7H,1H2,(H,11,12)(H2,8,9,10);;;;/q;4*+1/p-3/t2-,3-,4-,5-;;;;/m1..../s1. The van der Waals surface area contributed by atoms with Gasteiger partial charge in [0.15, 0.2) is 6.29 Å². The van der Waals surface area contributed by atoms with E-state index >= 15 is 0 Å². The van der Waals surface area contributed by atoms with Crippen LogP contribution >= 0.6 is 15.6 Å². The zero-order valence-corrected chi connectivity index (χ0v) is 22.3. The number of rotatable bonds is 5. The fourth-order valence-electron chi connectivity index (χ4n) is 1.23. The first-order valence-corrected chi connectivity index (χ1v) is 7.30. The zero-order valence-electron chi connectivity index (χ0n) is 12.5. The predicted octanol–water partition coefficient (Wildman–Crippen LogP) is -15.8. The Balaban J connectivity index is -0.000000405. The van der Waals surface area contributed by atoms with Gasteiger partial charge in [-0.1, -0.05) is 0 Å². The molecule has 1 radical (unpaired) electrons. The summed E-state index contributed by atoms with van der Waals surface area (Å²) < 4.78 is 32.5. The van der Waals surface area contributed by atoms with Crippen molar-refractivity contribution < 1.29 is 171 Å². The van der Waals surface area contributed by atoms with Gasteiger partial charge in [-0.25, -0.2) is 0 Å². The zero-order chi connectivity index (χ0) is 14.1. The summed E-state index contributed by atoms with van der Waals surface area (Å²) in [6, 6.07) is 0. The fraction of sp³-hybridized carbons (Fsp3) is 1.00. The van der Waals surface area contributed by atoms with Crippen molar-refractivity contribution in [2.45, 2.75) is 24.6 Å². The number of hydrogen-bond acceptors (Lipinski definition) is 10. The summed E-state index contributed by atoms with van der Waals surface area (Å²) in [6.45, 7) is -0.954. The Morgan fingerprint density at radius 1 is 1.00 bits per heavy atom. The molecule has 2 N–H and O–H groups in total. The Morgan fingerprint density at radius 3 is 1.82 bits per heavy atom. The van der Waals surface area contributed by atoms with Crippen LogP contribution in [0.2, 0.25) is 0 Å². The molecule has 0 aromatic carbocycles. The van der Waals surface area contributed by atoms with E-state index in [2.05, 4.69) is 13.8 Å². The molecular formula is C5H8Na4O11P2+. The molecule has 11 nitrogen and oxygen atoms in total. The second kappa shape index (κ2) is 14.1. The van der Waals surface area contributed by atoms with Crippen LogP contribution in [0.15, 0.2) is 0 Å². The Hall–Kier alpha value is 4.10. The van der Waals surface area contributed by atoms with Crippen molar-refractivity contribution in [3.8, 4) is 0 Å². The minimum atomic E-state index is -5.47. The number of hydrogen-bond donors (Lipinski definition) is 2. The van der Waals surface area contributed by atoms with Gasteiger partial charge < -0.3 is 38.7 Å². The molecule has 0 aromatic rings. The Bertz CT molecular complexity index is 387. The molecule has 17 heteroatoms. The molecule has 1 rings (SSSR count). The molecule has 1 fully saturated rings. The molecule has 0 bridgehead atoms. The van der Waals surface area contributed by atoms with Gasteiger partial charge in [0.2, 0.25) is 0 Å². The number of ether oxygens (including phenoxy) is 1. The first-order chi connectivity index (χ1) is 7.99. The number of phosphoric ester groups is 1. The maximum absolute atomic E-state index is 10.3. The van der Waals surface area contributed by atoms with Gasteiger partial charge in [-0.05, 0) is 0 Å². The first kappa shape index (κ1) is 33.7. The van der Waals surface area contributed by atoms with Crippen LogP contribution < -0.4 is 133 Å². The van der Waals surface area contributed by atoms with Crippen molar-refractivity contribution in [3.05, 3.63) is 0 Å². The summed E-state index contributed by atoms with van der Waals surface area (Å²) in [5, 5.41) is 18.5. The molecule has 1 saturated heterocycles. The Morgan fingerprint density at radius 2 is 1.45 bits per heavy atom. The molecule has 4 atom stereocenters. The Kier molecular flexibility index (Phi) is 21.7. The molecule has 0 unspecified atom stereocenters. The average molecular weight is 398 g/mol. The van der Waals surface area contributed by atoms with Crippen molar-refractivity contribution in [1.82, 2.24) is 0 Å². The molecule has 22 heavy (non-hydrogen) atoms. The van der Waals surface area contributed by atoms with Crippen molar-refractivity contribution in [2.24, 2.45) is 0 Å². The van der Waals surface area contributed by atoms with E-state index in [1.54, 1.807) is 0 Å². The quantitative estimate of drug-likeness (QED) is 0.332. The van der Waals surface area contributed by atoms with Gasteiger partial charge >= 0.3 is 126 Å². The van der Waals surface area contributed by atoms with Crippen molar-refractivity contribution >= 4 is 15.6 Å². The van der Waals surface area contributed by atoms with Gasteiger partial charge in [0.1, 0.15) is 18.3 Å². The third-order valence-electron chi connectivity index (χ3n) is 1.95. The van der Waals surface area contributed by atoms with Crippen LogP contribution in [0.1, 0.15) is 0 Å². The van der Waals surface area contributed by atoms with E-state index in [1.807, 2.05) is 0 Å². The van der Waals surface area contributed by atoms with E-state index in [-0.39, 0.29) is 118 Å². The van der Waals surface area contributed by atoms with E-state index < -0.39 is 46.9 Å². The Labute approximate surface area is 214 Å². The maximum Gasteiger partial charge on any atom is 1.00 e. The van der Waals surface area contributed by atoms with Crippen LogP contribution in [0.4, 0.5) is 0 Å². The number of aliphatic hydroxyl groups is 2. The normalized spacial score (nSPS) is 29.9. The van der Waals surface area contributed by atoms with E-state index in [9.17, 15) is 38.9 Å². The largest absolute Gasteiger partial charge is 1.00 e. The van der Waals surface area contributed by atoms with Crippen molar-refractivity contribution in [2.75, 3.05) is 6.61 Å². The van der Waals surface area contributed by atoms with Crippen LogP contribution in [-0.2, 0) is 27.8 Å². The molecule has 0 aromatic heterocycles. The first-order valence-electron chi connectivity index (χ1n) is 4.38. The van der Waals surface area contributed by atoms with E-state index in [0.717, 1.165) is 0 Å². The van der Waals surface area contributed by atoms with E-state index in [4.69, 9.17) is 0 Å². The summed E-state index contributed by atoms with van der Waals surface area (Å²) in [7, 11) is -10.8. The average Bonchev–Trinajstić information content (AvgIpc) is 2.40. The van der Waals surface area contributed by atoms with Crippen molar-refractivity contribution in [1.29, 1.82) is 0 Å². The second-order valence-corrected chi connectivity index (χ2v) is 5.58. The molecular weight excluding hydrogens is 390 g/mol. The van der Waals surface area contributed by atoms with E-state index in [1.165, 1.54) is 0 Å². The molecule has 1 aliphatic heterocycles. The molecule has 0 aliphatic carbocycles. The van der Waals surface area contributed by atoms with Crippen molar-refractivity contribution in [3.63, 3.8) is 0 Å².